The van der Waals surface area contributed by atoms with E-state index in [9.17, 15) is 4.79 Å². The Kier molecular flexibility index (Phi) is 2.96. The van der Waals surface area contributed by atoms with Crippen LogP contribution in [0.25, 0.3) is 0 Å². The van der Waals surface area contributed by atoms with Gasteiger partial charge in [-0.1, -0.05) is 0 Å². The van der Waals surface area contributed by atoms with Gasteiger partial charge in [-0.2, -0.15) is 0 Å². The van der Waals surface area contributed by atoms with Crippen LogP contribution in [0, 0.1) is 5.92 Å². The summed E-state index contributed by atoms with van der Waals surface area (Å²) in [6.07, 6.45) is 3.19. The summed E-state index contributed by atoms with van der Waals surface area (Å²) >= 11 is 0. The summed E-state index contributed by atoms with van der Waals surface area (Å²) in [4.78, 5) is 13.3. The van der Waals surface area contributed by atoms with E-state index in [-0.39, 0.29) is 18.4 Å². The lowest BCUT2D eigenvalue weighted by Gasteiger charge is -2.14. The van der Waals surface area contributed by atoms with Crippen molar-refractivity contribution in [3.8, 4) is 0 Å². The van der Waals surface area contributed by atoms with Crippen molar-refractivity contribution < 1.29 is 4.79 Å². The number of amides is 1. The summed E-state index contributed by atoms with van der Waals surface area (Å²) in [5.74, 6) is 0.707. The number of likely N-dealkylation sites (tertiary alicyclic amines) is 1. The van der Waals surface area contributed by atoms with E-state index in [2.05, 4.69) is 0 Å². The molecule has 1 saturated carbocycles. The zero-order valence-electron chi connectivity index (χ0n) is 7.03. The normalized spacial score (nSPS) is 28.4. The maximum atomic E-state index is 11.4. The third-order valence-corrected chi connectivity index (χ3v) is 2.46. The molecule has 4 heteroatoms. The minimum absolute atomic E-state index is 0. The number of carbonyl (C=O) groups excluding carboxylic acids is 1. The Morgan fingerprint density at radius 1 is 1.33 bits per heavy atom. The molecule has 2 fully saturated rings. The second kappa shape index (κ2) is 3.62. The fourth-order valence-corrected chi connectivity index (χ4v) is 1.58. The number of hydrogen-bond acceptors (Lipinski definition) is 2. The fourth-order valence-electron chi connectivity index (χ4n) is 1.58. The van der Waals surface area contributed by atoms with E-state index in [0.717, 1.165) is 32.4 Å². The van der Waals surface area contributed by atoms with Crippen molar-refractivity contribution in [1.82, 2.24) is 4.90 Å². The molecule has 0 unspecified atom stereocenters. The van der Waals surface area contributed by atoms with Crippen LogP contribution in [0.2, 0.25) is 0 Å². The molecule has 0 spiro atoms. The SMILES string of the molecule is Cl.N[C@H]1CCN(C(=O)C2CC2)C1. The number of nitrogens with zero attached hydrogens (tertiary/aromatic N) is 1. The van der Waals surface area contributed by atoms with Crippen molar-refractivity contribution >= 4 is 18.3 Å². The molecule has 1 atom stereocenters. The molecule has 0 aromatic rings. The maximum Gasteiger partial charge on any atom is 0.225 e. The summed E-state index contributed by atoms with van der Waals surface area (Å²) in [6, 6.07) is 0.234. The molecule has 0 aromatic heterocycles. The van der Waals surface area contributed by atoms with Crippen LogP contribution in [0.5, 0.6) is 0 Å². The van der Waals surface area contributed by atoms with Gasteiger partial charge < -0.3 is 10.6 Å². The number of carbonyl (C=O) groups is 1. The third-order valence-electron chi connectivity index (χ3n) is 2.46. The molecule has 1 heterocycles. The van der Waals surface area contributed by atoms with Crippen LogP contribution in [0.3, 0.4) is 0 Å². The van der Waals surface area contributed by atoms with E-state index < -0.39 is 0 Å². The van der Waals surface area contributed by atoms with Crippen LogP contribution in [-0.4, -0.2) is 29.9 Å². The molecular weight excluding hydrogens is 176 g/mol. The van der Waals surface area contributed by atoms with Crippen LogP contribution in [0.1, 0.15) is 19.3 Å². The molecule has 0 aromatic carbocycles. The molecule has 70 valence electrons. The number of rotatable bonds is 1. The topological polar surface area (TPSA) is 46.3 Å². The lowest BCUT2D eigenvalue weighted by molar-refractivity contribution is -0.131. The van der Waals surface area contributed by atoms with E-state index in [1.165, 1.54) is 0 Å². The quantitative estimate of drug-likeness (QED) is 0.650. The first-order chi connectivity index (χ1) is 5.27. The van der Waals surface area contributed by atoms with E-state index >= 15 is 0 Å². The van der Waals surface area contributed by atoms with E-state index in [1.54, 1.807) is 0 Å². The highest BCUT2D eigenvalue weighted by Crippen LogP contribution is 2.31. The minimum Gasteiger partial charge on any atom is -0.341 e. The van der Waals surface area contributed by atoms with Crippen molar-refractivity contribution in [3.05, 3.63) is 0 Å². The Balaban J connectivity index is 0.000000720. The molecule has 1 aliphatic heterocycles. The van der Waals surface area contributed by atoms with Crippen LogP contribution in [0.15, 0.2) is 0 Å². The first-order valence-corrected chi connectivity index (χ1v) is 4.32. The van der Waals surface area contributed by atoms with Gasteiger partial charge in [0.25, 0.3) is 0 Å². The molecule has 1 amide bonds. The Morgan fingerprint density at radius 3 is 2.42 bits per heavy atom. The smallest absolute Gasteiger partial charge is 0.225 e. The largest absolute Gasteiger partial charge is 0.341 e. The zero-order chi connectivity index (χ0) is 7.84. The van der Waals surface area contributed by atoms with Crippen molar-refractivity contribution in [2.75, 3.05) is 13.1 Å². The second-order valence-corrected chi connectivity index (χ2v) is 3.61. The van der Waals surface area contributed by atoms with Gasteiger partial charge in [0.2, 0.25) is 5.91 Å². The molecule has 12 heavy (non-hydrogen) atoms. The van der Waals surface area contributed by atoms with E-state index in [0.29, 0.717) is 11.8 Å². The molecule has 2 aliphatic rings. The molecule has 0 bridgehead atoms. The minimum atomic E-state index is 0. The van der Waals surface area contributed by atoms with Crippen molar-refractivity contribution in [1.29, 1.82) is 0 Å². The van der Waals surface area contributed by atoms with Gasteiger partial charge in [-0.25, -0.2) is 0 Å². The van der Waals surface area contributed by atoms with Gasteiger partial charge in [-0.3, -0.25) is 4.79 Å². The summed E-state index contributed by atoms with van der Waals surface area (Å²) in [7, 11) is 0. The molecule has 1 saturated heterocycles. The molecule has 0 radical (unpaired) electrons. The van der Waals surface area contributed by atoms with Crippen LogP contribution in [-0.2, 0) is 4.79 Å². The predicted molar refractivity (Wildman–Crippen MR) is 49.1 cm³/mol. The van der Waals surface area contributed by atoms with Crippen LogP contribution in [0.4, 0.5) is 0 Å². The lowest BCUT2D eigenvalue weighted by Crippen LogP contribution is -2.32. The van der Waals surface area contributed by atoms with Gasteiger partial charge in [0, 0.05) is 25.0 Å². The molecular formula is C8H15ClN2O. The zero-order valence-corrected chi connectivity index (χ0v) is 7.85. The summed E-state index contributed by atoms with van der Waals surface area (Å²) in [5, 5.41) is 0. The second-order valence-electron chi connectivity index (χ2n) is 3.61. The lowest BCUT2D eigenvalue weighted by atomic mass is 10.3. The molecule has 3 nitrogen and oxygen atoms in total. The van der Waals surface area contributed by atoms with Gasteiger partial charge in [-0.15, -0.1) is 12.4 Å². The van der Waals surface area contributed by atoms with Crippen molar-refractivity contribution in [2.45, 2.75) is 25.3 Å². The first-order valence-electron chi connectivity index (χ1n) is 4.32. The third kappa shape index (κ3) is 1.90. The Hall–Kier alpha value is -0.280. The fraction of sp³-hybridized carbons (Fsp3) is 0.875. The Morgan fingerprint density at radius 2 is 2.00 bits per heavy atom. The van der Waals surface area contributed by atoms with Crippen LogP contribution >= 0.6 is 12.4 Å². The molecule has 1 aliphatic carbocycles. The highest BCUT2D eigenvalue weighted by atomic mass is 35.5. The summed E-state index contributed by atoms with van der Waals surface area (Å²) < 4.78 is 0. The highest BCUT2D eigenvalue weighted by Gasteiger charge is 2.35. The first kappa shape index (κ1) is 9.81. The summed E-state index contributed by atoms with van der Waals surface area (Å²) in [6.45, 7) is 1.67. The van der Waals surface area contributed by atoms with Crippen molar-refractivity contribution in [3.63, 3.8) is 0 Å². The van der Waals surface area contributed by atoms with Gasteiger partial charge in [0.15, 0.2) is 0 Å². The average molecular weight is 191 g/mol. The van der Waals surface area contributed by atoms with Gasteiger partial charge in [0.1, 0.15) is 0 Å². The van der Waals surface area contributed by atoms with Gasteiger partial charge >= 0.3 is 0 Å². The maximum absolute atomic E-state index is 11.4. The molecule has 2 rings (SSSR count). The average Bonchev–Trinajstić information content (AvgIpc) is 2.74. The van der Waals surface area contributed by atoms with Gasteiger partial charge in [0.05, 0.1) is 0 Å². The van der Waals surface area contributed by atoms with E-state index in [1.807, 2.05) is 4.90 Å². The van der Waals surface area contributed by atoms with E-state index in [4.69, 9.17) is 5.73 Å². The summed E-state index contributed by atoms with van der Waals surface area (Å²) in [5.41, 5.74) is 5.69. The number of nitrogens with two attached hydrogens (primary N) is 1. The standard InChI is InChI=1S/C8H14N2O.ClH/c9-7-3-4-10(5-7)8(11)6-1-2-6;/h6-7H,1-5,9H2;1H/t7-;/m0./s1. The highest BCUT2D eigenvalue weighted by molar-refractivity contribution is 5.85. The Labute approximate surface area is 78.7 Å². The Bertz CT molecular complexity index is 182. The molecule has 2 N–H and O–H groups in total. The number of hydrogen-bond donors (Lipinski definition) is 1. The van der Waals surface area contributed by atoms with Gasteiger partial charge in [-0.05, 0) is 19.3 Å². The van der Waals surface area contributed by atoms with Crippen LogP contribution < -0.4 is 5.73 Å². The monoisotopic (exact) mass is 190 g/mol. The number of halogens is 1. The van der Waals surface area contributed by atoms with Crippen molar-refractivity contribution in [2.24, 2.45) is 11.7 Å². The predicted octanol–water partition coefficient (Wildman–Crippen LogP) is 0.378.